The molecule has 2 aliphatic rings. The number of carbonyl (C=O) groups excluding carboxylic acids is 2. The fraction of sp³-hybridized carbons (Fsp3) is 0.556. The van der Waals surface area contributed by atoms with Crippen LogP contribution >= 0.6 is 0 Å². The number of fused-ring (bicyclic) bond motifs is 1. The van der Waals surface area contributed by atoms with Crippen LogP contribution in [-0.2, 0) is 9.59 Å². The quantitative estimate of drug-likeness (QED) is 0.888. The molecule has 0 bridgehead atoms. The molecular formula is C18H24N2O4. The lowest BCUT2D eigenvalue weighted by atomic mass is 9.97. The predicted octanol–water partition coefficient (Wildman–Crippen LogP) is 2.48. The number of carbonyl (C=O) groups is 2. The van der Waals surface area contributed by atoms with E-state index >= 15 is 0 Å². The lowest BCUT2D eigenvalue weighted by Crippen LogP contribution is -2.47. The second kappa shape index (κ2) is 7.55. The Morgan fingerprint density at radius 1 is 1.08 bits per heavy atom. The van der Waals surface area contributed by atoms with Crippen LogP contribution in [0.5, 0.6) is 11.5 Å². The van der Waals surface area contributed by atoms with E-state index in [4.69, 9.17) is 9.47 Å². The molecule has 0 radical (unpaired) electrons. The summed E-state index contributed by atoms with van der Waals surface area (Å²) in [6, 6.07) is 4.89. The van der Waals surface area contributed by atoms with Crippen LogP contribution in [0.4, 0.5) is 5.69 Å². The van der Waals surface area contributed by atoms with Gasteiger partial charge in [0, 0.05) is 25.1 Å². The van der Waals surface area contributed by atoms with Gasteiger partial charge >= 0.3 is 0 Å². The van der Waals surface area contributed by atoms with E-state index in [0.717, 1.165) is 32.1 Å². The summed E-state index contributed by atoms with van der Waals surface area (Å²) >= 11 is 0. The van der Waals surface area contributed by atoms with Crippen molar-refractivity contribution in [3.8, 4) is 11.5 Å². The van der Waals surface area contributed by atoms with Crippen LogP contribution in [-0.4, -0.2) is 31.1 Å². The monoisotopic (exact) mass is 332 g/mol. The van der Waals surface area contributed by atoms with Crippen molar-refractivity contribution < 1.29 is 19.1 Å². The fourth-order valence-corrected chi connectivity index (χ4v) is 3.37. The summed E-state index contributed by atoms with van der Waals surface area (Å²) in [7, 11) is 0. The smallest absolute Gasteiger partial charge is 0.247 e. The van der Waals surface area contributed by atoms with E-state index in [1.165, 1.54) is 6.92 Å². The van der Waals surface area contributed by atoms with Gasteiger partial charge in [-0.15, -0.1) is 0 Å². The first kappa shape index (κ1) is 16.6. The van der Waals surface area contributed by atoms with Crippen LogP contribution in [0.2, 0.25) is 0 Å². The molecule has 1 fully saturated rings. The van der Waals surface area contributed by atoms with Crippen LogP contribution in [0.1, 0.15) is 39.0 Å². The Balaban J connectivity index is 1.72. The van der Waals surface area contributed by atoms with Crippen LogP contribution in [0.15, 0.2) is 18.2 Å². The van der Waals surface area contributed by atoms with Gasteiger partial charge < -0.3 is 20.1 Å². The summed E-state index contributed by atoms with van der Waals surface area (Å²) in [5, 5.41) is 5.71. The molecule has 3 rings (SSSR count). The molecule has 6 heteroatoms. The molecule has 2 N–H and O–H groups in total. The number of hydrogen-bond donors (Lipinski definition) is 2. The maximum atomic E-state index is 12.7. The molecule has 6 nitrogen and oxygen atoms in total. The number of ether oxygens (including phenoxy) is 2. The van der Waals surface area contributed by atoms with Crippen molar-refractivity contribution in [2.45, 2.75) is 45.1 Å². The van der Waals surface area contributed by atoms with Gasteiger partial charge in [-0.25, -0.2) is 0 Å². The first-order chi connectivity index (χ1) is 11.6. The Kier molecular flexibility index (Phi) is 5.23. The van der Waals surface area contributed by atoms with E-state index in [2.05, 4.69) is 10.6 Å². The zero-order chi connectivity index (χ0) is 16.9. The van der Waals surface area contributed by atoms with Gasteiger partial charge in [0.1, 0.15) is 6.04 Å². The molecule has 1 aromatic rings. The van der Waals surface area contributed by atoms with Crippen molar-refractivity contribution in [1.29, 1.82) is 0 Å². The Bertz CT molecular complexity index is 611. The number of hydrogen-bond acceptors (Lipinski definition) is 4. The van der Waals surface area contributed by atoms with Crippen molar-refractivity contribution in [2.75, 3.05) is 18.5 Å². The highest BCUT2D eigenvalue weighted by molar-refractivity contribution is 5.97. The van der Waals surface area contributed by atoms with E-state index in [-0.39, 0.29) is 17.7 Å². The number of benzene rings is 1. The minimum atomic E-state index is -0.485. The summed E-state index contributed by atoms with van der Waals surface area (Å²) in [5.41, 5.74) is 0.651. The lowest BCUT2D eigenvalue weighted by Gasteiger charge is -2.23. The number of rotatable bonds is 4. The van der Waals surface area contributed by atoms with Crippen LogP contribution < -0.4 is 20.1 Å². The fourth-order valence-electron chi connectivity index (χ4n) is 3.37. The summed E-state index contributed by atoms with van der Waals surface area (Å²) in [4.78, 5) is 24.1. The Morgan fingerprint density at radius 2 is 1.79 bits per heavy atom. The van der Waals surface area contributed by atoms with Gasteiger partial charge in [0.25, 0.3) is 0 Å². The molecule has 2 amide bonds. The maximum Gasteiger partial charge on any atom is 0.247 e. The number of anilines is 1. The first-order valence-electron chi connectivity index (χ1n) is 8.61. The zero-order valence-electron chi connectivity index (χ0n) is 14.0. The largest absolute Gasteiger partial charge is 0.490 e. The molecular weight excluding hydrogens is 308 g/mol. The molecule has 0 spiro atoms. The normalized spacial score (nSPS) is 18.5. The van der Waals surface area contributed by atoms with E-state index in [0.29, 0.717) is 30.4 Å². The van der Waals surface area contributed by atoms with Gasteiger partial charge in [-0.2, -0.15) is 0 Å². The topological polar surface area (TPSA) is 76.7 Å². The minimum absolute atomic E-state index is 0.174. The minimum Gasteiger partial charge on any atom is -0.490 e. The third kappa shape index (κ3) is 3.99. The predicted molar refractivity (Wildman–Crippen MR) is 90.2 cm³/mol. The Hall–Kier alpha value is -2.24. The molecule has 1 aliphatic carbocycles. The van der Waals surface area contributed by atoms with Gasteiger partial charge in [-0.05, 0) is 30.9 Å². The van der Waals surface area contributed by atoms with Crippen molar-refractivity contribution in [3.05, 3.63) is 18.2 Å². The summed E-state index contributed by atoms with van der Waals surface area (Å²) in [5.74, 6) is 1.18. The van der Waals surface area contributed by atoms with Crippen molar-refractivity contribution in [1.82, 2.24) is 5.32 Å². The Labute approximate surface area is 141 Å². The molecule has 1 heterocycles. The standard InChI is InChI=1S/C18H24N2O4/c1-12(21)19-17(13-5-2-3-6-13)18(22)20-14-7-8-15-16(11-14)24-10-4-9-23-15/h7-8,11,13,17H,2-6,9-10H2,1H3,(H,19,21)(H,20,22). The lowest BCUT2D eigenvalue weighted by molar-refractivity contribution is -0.126. The molecule has 24 heavy (non-hydrogen) atoms. The van der Waals surface area contributed by atoms with Gasteiger partial charge in [0.05, 0.1) is 13.2 Å². The second-order valence-corrected chi connectivity index (χ2v) is 6.42. The van der Waals surface area contributed by atoms with Gasteiger partial charge in [0.2, 0.25) is 11.8 Å². The first-order valence-corrected chi connectivity index (χ1v) is 8.61. The average Bonchev–Trinajstić information content (AvgIpc) is 2.98. The van der Waals surface area contributed by atoms with E-state index < -0.39 is 6.04 Å². The highest BCUT2D eigenvalue weighted by Crippen LogP contribution is 2.33. The van der Waals surface area contributed by atoms with Crippen molar-refractivity contribution in [2.24, 2.45) is 5.92 Å². The summed E-state index contributed by atoms with van der Waals surface area (Å²) in [6.45, 7) is 2.68. The molecule has 1 saturated carbocycles. The van der Waals surface area contributed by atoms with Gasteiger partial charge in [-0.3, -0.25) is 9.59 Å². The third-order valence-corrected chi connectivity index (χ3v) is 4.53. The average molecular weight is 332 g/mol. The van der Waals surface area contributed by atoms with Gasteiger partial charge in [-0.1, -0.05) is 12.8 Å². The maximum absolute atomic E-state index is 12.7. The van der Waals surface area contributed by atoms with Crippen LogP contribution in [0.25, 0.3) is 0 Å². The molecule has 0 aromatic heterocycles. The van der Waals surface area contributed by atoms with Crippen molar-refractivity contribution in [3.63, 3.8) is 0 Å². The Morgan fingerprint density at radius 3 is 2.50 bits per heavy atom. The highest BCUT2D eigenvalue weighted by Gasteiger charge is 2.31. The van der Waals surface area contributed by atoms with E-state index in [9.17, 15) is 9.59 Å². The summed E-state index contributed by atoms with van der Waals surface area (Å²) in [6.07, 6.45) is 5.00. The highest BCUT2D eigenvalue weighted by atomic mass is 16.5. The van der Waals surface area contributed by atoms with Crippen molar-refractivity contribution >= 4 is 17.5 Å². The molecule has 1 atom stereocenters. The van der Waals surface area contributed by atoms with E-state index in [1.807, 2.05) is 0 Å². The SMILES string of the molecule is CC(=O)NC(C(=O)Nc1ccc2c(c1)OCCCO2)C1CCCC1. The molecule has 1 aromatic carbocycles. The third-order valence-electron chi connectivity index (χ3n) is 4.53. The summed E-state index contributed by atoms with van der Waals surface area (Å²) < 4.78 is 11.2. The van der Waals surface area contributed by atoms with Gasteiger partial charge in [0.15, 0.2) is 11.5 Å². The molecule has 130 valence electrons. The zero-order valence-corrected chi connectivity index (χ0v) is 14.0. The van der Waals surface area contributed by atoms with E-state index in [1.54, 1.807) is 18.2 Å². The van der Waals surface area contributed by atoms with Crippen LogP contribution in [0, 0.1) is 5.92 Å². The second-order valence-electron chi connectivity index (χ2n) is 6.42. The number of amides is 2. The number of nitrogens with one attached hydrogen (secondary N) is 2. The molecule has 0 saturated heterocycles. The van der Waals surface area contributed by atoms with Crippen LogP contribution in [0.3, 0.4) is 0 Å². The molecule has 1 unspecified atom stereocenters. The molecule has 1 aliphatic heterocycles.